The largest absolute Gasteiger partial charge is 0.309 e. The Morgan fingerprint density at radius 3 is 1.37 bits per heavy atom. The molecule has 0 aliphatic carbocycles. The summed E-state index contributed by atoms with van der Waals surface area (Å²) in [4.78, 5) is 15.2. The van der Waals surface area contributed by atoms with Crippen LogP contribution in [0.15, 0.2) is 176 Å². The number of aryl methyl sites for hydroxylation is 4. The Labute approximate surface area is 349 Å². The number of nitrogens with zero attached hydrogens (tertiary/aromatic N) is 4. The van der Waals surface area contributed by atoms with Gasteiger partial charge >= 0.3 is 0 Å². The van der Waals surface area contributed by atoms with Gasteiger partial charge in [-0.2, -0.15) is 0 Å². The summed E-state index contributed by atoms with van der Waals surface area (Å²) < 4.78 is 18.2. The van der Waals surface area contributed by atoms with E-state index in [9.17, 15) is 0 Å². The second-order valence-corrected chi connectivity index (χ2v) is 15.7. The van der Waals surface area contributed by atoms with Crippen molar-refractivity contribution in [3.63, 3.8) is 0 Å². The highest BCUT2D eigenvalue weighted by Gasteiger charge is 2.21. The van der Waals surface area contributed by atoms with Crippen molar-refractivity contribution in [2.75, 3.05) is 0 Å². The van der Waals surface area contributed by atoms with Gasteiger partial charge < -0.3 is 4.57 Å². The van der Waals surface area contributed by atoms with E-state index in [0.29, 0.717) is 34.2 Å². The molecule has 5 heteroatoms. The minimum absolute atomic E-state index is 0.318. The Bertz CT molecular complexity index is 3090. The number of hydrogen-bond acceptors (Lipinski definition) is 3. The molecule has 0 atom stereocenters. The zero-order valence-corrected chi connectivity index (χ0v) is 33.9. The van der Waals surface area contributed by atoms with Crippen molar-refractivity contribution in [1.29, 1.82) is 0 Å². The number of hydrogen-bond donors (Lipinski definition) is 0. The lowest BCUT2D eigenvalue weighted by Gasteiger charge is -2.16. The van der Waals surface area contributed by atoms with Crippen molar-refractivity contribution in [1.82, 2.24) is 19.5 Å². The lowest BCUT2D eigenvalue weighted by Crippen LogP contribution is -2.03. The minimum Gasteiger partial charge on any atom is -0.309 e. The summed E-state index contributed by atoms with van der Waals surface area (Å²) in [6, 6.07) is 59.8. The fraction of sp³-hybridized carbons (Fsp3) is 0.0727. The van der Waals surface area contributed by atoms with Crippen LogP contribution in [0.25, 0.3) is 95.0 Å². The molecule has 288 valence electrons. The average molecular weight is 777 g/mol. The summed E-state index contributed by atoms with van der Waals surface area (Å²) in [5.41, 5.74) is 16.3. The second kappa shape index (κ2) is 15.0. The molecule has 0 amide bonds. The van der Waals surface area contributed by atoms with Gasteiger partial charge in [-0.1, -0.05) is 145 Å². The average Bonchev–Trinajstić information content (AvgIpc) is 3.60. The highest BCUT2D eigenvalue weighted by molar-refractivity contribution is 6.12. The standard InChI is InChI=1S/C55H41FN4/c1-34-19-24-43(36(3)29-34)40-21-27-51-47(31-40)48-32-41(44-25-20-35(2)30-37(44)4)22-28-52(48)60(51)42-23-26-45(46-17-11-12-18-50(46)56)49(33-42)55-58-53(38-13-7-5-8-14-38)57-54(59-55)39-15-9-6-10-16-39/h5-33H,1-4H3. The van der Waals surface area contributed by atoms with Crippen LogP contribution in [0.2, 0.25) is 0 Å². The molecule has 0 aliphatic heterocycles. The third-order valence-electron chi connectivity index (χ3n) is 11.5. The molecule has 2 aromatic heterocycles. The van der Waals surface area contributed by atoms with Gasteiger partial charge in [0.25, 0.3) is 0 Å². The molecule has 10 rings (SSSR count). The van der Waals surface area contributed by atoms with E-state index in [4.69, 9.17) is 15.0 Å². The molecule has 10 aromatic rings. The first-order valence-electron chi connectivity index (χ1n) is 20.3. The summed E-state index contributed by atoms with van der Waals surface area (Å²) >= 11 is 0. The number of fused-ring (bicyclic) bond motifs is 3. The molecule has 0 aliphatic rings. The van der Waals surface area contributed by atoms with Crippen LogP contribution in [-0.4, -0.2) is 19.5 Å². The van der Waals surface area contributed by atoms with Gasteiger partial charge in [0.15, 0.2) is 17.5 Å². The maximum absolute atomic E-state index is 15.8. The zero-order chi connectivity index (χ0) is 40.9. The minimum atomic E-state index is -0.318. The first-order valence-corrected chi connectivity index (χ1v) is 20.3. The van der Waals surface area contributed by atoms with E-state index in [1.54, 1.807) is 6.07 Å². The van der Waals surface area contributed by atoms with Crippen LogP contribution >= 0.6 is 0 Å². The Balaban J connectivity index is 1.25. The Kier molecular flexibility index (Phi) is 9.22. The van der Waals surface area contributed by atoms with Gasteiger partial charge in [-0.3, -0.25) is 0 Å². The van der Waals surface area contributed by atoms with E-state index >= 15 is 4.39 Å². The predicted molar refractivity (Wildman–Crippen MR) is 246 cm³/mol. The van der Waals surface area contributed by atoms with E-state index in [1.807, 2.05) is 78.9 Å². The molecule has 2 heterocycles. The van der Waals surface area contributed by atoms with Crippen LogP contribution < -0.4 is 0 Å². The lowest BCUT2D eigenvalue weighted by atomic mass is 9.95. The smallest absolute Gasteiger partial charge is 0.164 e. The molecule has 8 aromatic carbocycles. The normalized spacial score (nSPS) is 11.4. The molecule has 0 spiro atoms. The fourth-order valence-corrected chi connectivity index (χ4v) is 8.61. The van der Waals surface area contributed by atoms with E-state index in [-0.39, 0.29) is 5.82 Å². The molecule has 0 saturated heterocycles. The van der Waals surface area contributed by atoms with Crippen molar-refractivity contribution >= 4 is 21.8 Å². The van der Waals surface area contributed by atoms with E-state index < -0.39 is 0 Å². The number of benzene rings is 8. The van der Waals surface area contributed by atoms with E-state index in [0.717, 1.165) is 38.6 Å². The summed E-state index contributed by atoms with van der Waals surface area (Å²) in [5, 5.41) is 2.29. The van der Waals surface area contributed by atoms with Crippen molar-refractivity contribution in [3.8, 4) is 73.2 Å². The maximum atomic E-state index is 15.8. The van der Waals surface area contributed by atoms with Gasteiger partial charge in [0.05, 0.1) is 11.0 Å². The molecule has 4 nitrogen and oxygen atoms in total. The van der Waals surface area contributed by atoms with Crippen LogP contribution in [0, 0.1) is 33.5 Å². The Morgan fingerprint density at radius 2 is 0.850 bits per heavy atom. The lowest BCUT2D eigenvalue weighted by molar-refractivity contribution is 0.631. The molecule has 60 heavy (non-hydrogen) atoms. The van der Waals surface area contributed by atoms with Gasteiger partial charge in [-0.05, 0) is 109 Å². The molecule has 0 bridgehead atoms. The molecule has 0 saturated carbocycles. The number of aromatic nitrogens is 4. The van der Waals surface area contributed by atoms with Crippen LogP contribution in [-0.2, 0) is 0 Å². The van der Waals surface area contributed by atoms with Crippen LogP contribution in [0.1, 0.15) is 22.3 Å². The van der Waals surface area contributed by atoms with Crippen LogP contribution in [0.5, 0.6) is 0 Å². The van der Waals surface area contributed by atoms with Crippen molar-refractivity contribution in [3.05, 3.63) is 204 Å². The summed E-state index contributed by atoms with van der Waals surface area (Å²) in [7, 11) is 0. The van der Waals surface area contributed by atoms with E-state index in [1.165, 1.54) is 50.6 Å². The first-order chi connectivity index (χ1) is 29.3. The quantitative estimate of drug-likeness (QED) is 0.162. The summed E-state index contributed by atoms with van der Waals surface area (Å²) in [6.45, 7) is 8.63. The molecule has 0 N–H and O–H groups in total. The second-order valence-electron chi connectivity index (χ2n) is 15.7. The molecule has 0 radical (unpaired) electrons. The first kappa shape index (κ1) is 36.8. The Morgan fingerprint density at radius 1 is 0.367 bits per heavy atom. The molecular formula is C55H41FN4. The van der Waals surface area contributed by atoms with Gasteiger partial charge in [0.1, 0.15) is 5.82 Å². The van der Waals surface area contributed by atoms with Crippen molar-refractivity contribution < 1.29 is 4.39 Å². The van der Waals surface area contributed by atoms with Crippen molar-refractivity contribution in [2.45, 2.75) is 27.7 Å². The van der Waals surface area contributed by atoms with Gasteiger partial charge in [0, 0.05) is 38.7 Å². The monoisotopic (exact) mass is 776 g/mol. The summed E-state index contributed by atoms with van der Waals surface area (Å²) in [6.07, 6.45) is 0. The topological polar surface area (TPSA) is 43.6 Å². The molecule has 0 fully saturated rings. The predicted octanol–water partition coefficient (Wildman–Crippen LogP) is 14.3. The van der Waals surface area contributed by atoms with Crippen LogP contribution in [0.3, 0.4) is 0 Å². The zero-order valence-electron chi connectivity index (χ0n) is 33.9. The van der Waals surface area contributed by atoms with Crippen molar-refractivity contribution in [2.24, 2.45) is 0 Å². The molecule has 0 unspecified atom stereocenters. The maximum Gasteiger partial charge on any atom is 0.164 e. The SMILES string of the molecule is Cc1ccc(-c2ccc3c(c2)c2cc(-c4ccc(C)cc4C)ccc2n3-c2ccc(-c3ccccc3F)c(-c3nc(-c4ccccc4)nc(-c4ccccc4)n3)c2)c(C)c1. The number of rotatable bonds is 7. The fourth-order valence-electron chi connectivity index (χ4n) is 8.61. The third kappa shape index (κ3) is 6.64. The van der Waals surface area contributed by atoms with Gasteiger partial charge in [-0.25, -0.2) is 19.3 Å². The molecular weight excluding hydrogens is 736 g/mol. The summed E-state index contributed by atoms with van der Waals surface area (Å²) in [5.74, 6) is 1.22. The third-order valence-corrected chi connectivity index (χ3v) is 11.5. The number of halogens is 1. The Hall–Kier alpha value is -7.50. The highest BCUT2D eigenvalue weighted by Crippen LogP contribution is 2.41. The van der Waals surface area contributed by atoms with Gasteiger partial charge in [-0.15, -0.1) is 0 Å². The highest BCUT2D eigenvalue weighted by atomic mass is 19.1. The van der Waals surface area contributed by atoms with E-state index in [2.05, 4.69) is 117 Å². The van der Waals surface area contributed by atoms with Gasteiger partial charge in [0.2, 0.25) is 0 Å². The van der Waals surface area contributed by atoms with Crippen LogP contribution in [0.4, 0.5) is 4.39 Å².